The Morgan fingerprint density at radius 3 is 2.89 bits per heavy atom. The van der Waals surface area contributed by atoms with Crippen molar-refractivity contribution in [3.05, 3.63) is 24.0 Å². The highest BCUT2D eigenvalue weighted by atomic mass is 19.1. The molecular formula is C13H19FN2O2. The number of carbonyl (C=O) groups excluding carboxylic acids is 1. The van der Waals surface area contributed by atoms with E-state index in [9.17, 15) is 9.18 Å². The van der Waals surface area contributed by atoms with Gasteiger partial charge >= 0.3 is 0 Å². The lowest BCUT2D eigenvalue weighted by atomic mass is 10.1. The molecule has 18 heavy (non-hydrogen) atoms. The van der Waals surface area contributed by atoms with E-state index < -0.39 is 5.82 Å². The number of carbonyl (C=O) groups is 1. The van der Waals surface area contributed by atoms with Crippen molar-refractivity contribution >= 4 is 11.6 Å². The summed E-state index contributed by atoms with van der Waals surface area (Å²) in [5.41, 5.74) is 5.88. The molecule has 0 saturated carbocycles. The van der Waals surface area contributed by atoms with Gasteiger partial charge in [0.1, 0.15) is 11.6 Å². The topological polar surface area (TPSA) is 64.3 Å². The fraction of sp³-hybridized carbons (Fsp3) is 0.462. The van der Waals surface area contributed by atoms with E-state index in [1.165, 1.54) is 18.2 Å². The van der Waals surface area contributed by atoms with E-state index in [0.29, 0.717) is 31.0 Å². The van der Waals surface area contributed by atoms with E-state index >= 15 is 0 Å². The average molecular weight is 254 g/mol. The number of rotatable bonds is 6. The summed E-state index contributed by atoms with van der Waals surface area (Å²) in [5, 5.41) is 2.72. The molecule has 0 saturated heterocycles. The van der Waals surface area contributed by atoms with Crippen LogP contribution >= 0.6 is 0 Å². The zero-order valence-corrected chi connectivity index (χ0v) is 10.7. The van der Waals surface area contributed by atoms with Gasteiger partial charge in [-0.05, 0) is 32.0 Å². The molecule has 0 heterocycles. The first-order valence-corrected chi connectivity index (χ1v) is 6.01. The van der Waals surface area contributed by atoms with E-state index in [4.69, 9.17) is 10.5 Å². The van der Waals surface area contributed by atoms with Gasteiger partial charge in [0.05, 0.1) is 12.3 Å². The summed E-state index contributed by atoms with van der Waals surface area (Å²) in [6.07, 6.45) is 0.608. The number of anilines is 1. The second kappa shape index (κ2) is 6.96. The van der Waals surface area contributed by atoms with Crippen molar-refractivity contribution in [3.8, 4) is 5.75 Å². The minimum atomic E-state index is -0.397. The molecule has 0 aromatic heterocycles. The monoisotopic (exact) mass is 254 g/mol. The molecule has 1 atom stereocenters. The summed E-state index contributed by atoms with van der Waals surface area (Å²) < 4.78 is 18.4. The van der Waals surface area contributed by atoms with Crippen molar-refractivity contribution in [2.24, 2.45) is 11.7 Å². The van der Waals surface area contributed by atoms with Crippen LogP contribution < -0.4 is 15.8 Å². The van der Waals surface area contributed by atoms with Gasteiger partial charge in [-0.15, -0.1) is 0 Å². The van der Waals surface area contributed by atoms with Gasteiger partial charge in [0, 0.05) is 12.0 Å². The van der Waals surface area contributed by atoms with Crippen molar-refractivity contribution in [3.63, 3.8) is 0 Å². The molecule has 1 unspecified atom stereocenters. The third kappa shape index (κ3) is 4.00. The first-order chi connectivity index (χ1) is 8.58. The Morgan fingerprint density at radius 1 is 1.56 bits per heavy atom. The molecule has 0 aliphatic carbocycles. The normalized spacial score (nSPS) is 12.0. The first kappa shape index (κ1) is 14.4. The SMILES string of the molecule is CCOc1cc(F)ccc1NC(=O)C(C)CCN. The molecule has 1 rings (SSSR count). The first-order valence-electron chi connectivity index (χ1n) is 6.01. The molecule has 0 aliphatic rings. The third-order valence-corrected chi connectivity index (χ3v) is 2.55. The summed E-state index contributed by atoms with van der Waals surface area (Å²) in [6.45, 7) is 4.46. The summed E-state index contributed by atoms with van der Waals surface area (Å²) in [6, 6.07) is 4.03. The average Bonchev–Trinajstić information content (AvgIpc) is 2.33. The van der Waals surface area contributed by atoms with Crippen molar-refractivity contribution in [2.45, 2.75) is 20.3 Å². The van der Waals surface area contributed by atoms with Crippen LogP contribution in [0.2, 0.25) is 0 Å². The summed E-state index contributed by atoms with van der Waals surface area (Å²) in [4.78, 5) is 11.8. The van der Waals surface area contributed by atoms with E-state index in [-0.39, 0.29) is 11.8 Å². The van der Waals surface area contributed by atoms with Crippen LogP contribution in [-0.4, -0.2) is 19.1 Å². The molecule has 1 amide bonds. The van der Waals surface area contributed by atoms with Gasteiger partial charge in [0.25, 0.3) is 0 Å². The molecule has 0 aliphatic heterocycles. The minimum absolute atomic E-state index is 0.145. The molecule has 5 heteroatoms. The molecule has 0 radical (unpaired) electrons. The maximum Gasteiger partial charge on any atom is 0.227 e. The Labute approximate surface area is 106 Å². The molecule has 3 N–H and O–H groups in total. The number of hydrogen-bond donors (Lipinski definition) is 2. The summed E-state index contributed by atoms with van der Waals surface area (Å²) in [5.74, 6) is -0.389. The van der Waals surface area contributed by atoms with Gasteiger partial charge in [-0.2, -0.15) is 0 Å². The number of amides is 1. The molecule has 1 aromatic carbocycles. The lowest BCUT2D eigenvalue weighted by molar-refractivity contribution is -0.119. The van der Waals surface area contributed by atoms with Crippen LogP contribution in [0.4, 0.5) is 10.1 Å². The van der Waals surface area contributed by atoms with Gasteiger partial charge in [0.2, 0.25) is 5.91 Å². The number of nitrogens with one attached hydrogen (secondary N) is 1. The van der Waals surface area contributed by atoms with Gasteiger partial charge in [0.15, 0.2) is 0 Å². The van der Waals surface area contributed by atoms with Crippen LogP contribution in [0.15, 0.2) is 18.2 Å². The largest absolute Gasteiger partial charge is 0.492 e. The highest BCUT2D eigenvalue weighted by Crippen LogP contribution is 2.26. The molecular weight excluding hydrogens is 235 g/mol. The molecule has 4 nitrogen and oxygen atoms in total. The number of benzene rings is 1. The minimum Gasteiger partial charge on any atom is -0.492 e. The van der Waals surface area contributed by atoms with Crippen LogP contribution in [0, 0.1) is 11.7 Å². The molecule has 0 fully saturated rings. The van der Waals surface area contributed by atoms with Crippen LogP contribution in [0.25, 0.3) is 0 Å². The third-order valence-electron chi connectivity index (χ3n) is 2.55. The van der Waals surface area contributed by atoms with Gasteiger partial charge in [-0.3, -0.25) is 4.79 Å². The summed E-state index contributed by atoms with van der Waals surface area (Å²) in [7, 11) is 0. The number of nitrogens with two attached hydrogens (primary N) is 1. The van der Waals surface area contributed by atoms with Crippen LogP contribution in [0.3, 0.4) is 0 Å². The Bertz CT molecular complexity index is 410. The van der Waals surface area contributed by atoms with Crippen molar-refractivity contribution in [2.75, 3.05) is 18.5 Å². The number of hydrogen-bond acceptors (Lipinski definition) is 3. The zero-order chi connectivity index (χ0) is 13.5. The maximum atomic E-state index is 13.1. The van der Waals surface area contributed by atoms with Crippen molar-refractivity contribution in [1.82, 2.24) is 0 Å². The van der Waals surface area contributed by atoms with E-state index in [0.717, 1.165) is 0 Å². The quantitative estimate of drug-likeness (QED) is 0.817. The predicted octanol–water partition coefficient (Wildman–Crippen LogP) is 2.15. The molecule has 1 aromatic rings. The molecule has 0 spiro atoms. The Kier molecular flexibility index (Phi) is 5.58. The van der Waals surface area contributed by atoms with Crippen LogP contribution in [0.1, 0.15) is 20.3 Å². The van der Waals surface area contributed by atoms with Crippen LogP contribution in [0.5, 0.6) is 5.75 Å². The summed E-state index contributed by atoms with van der Waals surface area (Å²) >= 11 is 0. The van der Waals surface area contributed by atoms with Gasteiger partial charge in [-0.1, -0.05) is 6.92 Å². The van der Waals surface area contributed by atoms with E-state index in [1.54, 1.807) is 13.8 Å². The number of ether oxygens (including phenoxy) is 1. The van der Waals surface area contributed by atoms with Gasteiger partial charge in [-0.25, -0.2) is 4.39 Å². The lowest BCUT2D eigenvalue weighted by Crippen LogP contribution is -2.23. The lowest BCUT2D eigenvalue weighted by Gasteiger charge is -2.14. The fourth-order valence-electron chi connectivity index (χ4n) is 1.51. The fourth-order valence-corrected chi connectivity index (χ4v) is 1.51. The Hall–Kier alpha value is -1.62. The highest BCUT2D eigenvalue weighted by molar-refractivity contribution is 5.93. The highest BCUT2D eigenvalue weighted by Gasteiger charge is 2.14. The van der Waals surface area contributed by atoms with Gasteiger partial charge < -0.3 is 15.8 Å². The predicted molar refractivity (Wildman–Crippen MR) is 69.0 cm³/mol. The zero-order valence-electron chi connectivity index (χ0n) is 10.7. The molecule has 0 bridgehead atoms. The van der Waals surface area contributed by atoms with Crippen molar-refractivity contribution < 1.29 is 13.9 Å². The molecule has 100 valence electrons. The maximum absolute atomic E-state index is 13.1. The Morgan fingerprint density at radius 2 is 2.28 bits per heavy atom. The van der Waals surface area contributed by atoms with E-state index in [2.05, 4.69) is 5.32 Å². The second-order valence-corrected chi connectivity index (χ2v) is 4.04. The Balaban J connectivity index is 2.80. The van der Waals surface area contributed by atoms with E-state index in [1.807, 2.05) is 0 Å². The second-order valence-electron chi connectivity index (χ2n) is 4.04. The van der Waals surface area contributed by atoms with Crippen LogP contribution in [-0.2, 0) is 4.79 Å². The number of halogens is 1. The van der Waals surface area contributed by atoms with Crippen molar-refractivity contribution in [1.29, 1.82) is 0 Å². The smallest absolute Gasteiger partial charge is 0.227 e. The standard InChI is InChI=1S/C13H19FN2O2/c1-3-18-12-8-10(14)4-5-11(12)16-13(17)9(2)6-7-15/h4-5,8-9H,3,6-7,15H2,1-2H3,(H,16,17).